The number of hydrogen-bond acceptors (Lipinski definition) is 7. The van der Waals surface area contributed by atoms with E-state index in [1.54, 1.807) is 18.2 Å². The lowest BCUT2D eigenvalue weighted by Crippen LogP contribution is -2.27. The van der Waals surface area contributed by atoms with Crippen molar-refractivity contribution in [2.75, 3.05) is 36.2 Å². The van der Waals surface area contributed by atoms with Crippen LogP contribution in [0.25, 0.3) is 0 Å². The second-order valence-electron chi connectivity index (χ2n) is 8.76. The van der Waals surface area contributed by atoms with Crippen molar-refractivity contribution in [3.63, 3.8) is 0 Å². The Hall–Kier alpha value is -3.59. The van der Waals surface area contributed by atoms with Crippen LogP contribution in [-0.4, -0.2) is 43.3 Å². The zero-order valence-electron chi connectivity index (χ0n) is 20.0. The normalized spacial score (nSPS) is 11.0. The van der Waals surface area contributed by atoms with Crippen molar-refractivity contribution in [3.05, 3.63) is 65.2 Å². The molecule has 1 heterocycles. The van der Waals surface area contributed by atoms with Crippen LogP contribution < -0.4 is 20.3 Å². The molecule has 0 aliphatic rings. The molecule has 3 aromatic rings. The van der Waals surface area contributed by atoms with Crippen molar-refractivity contribution in [1.29, 1.82) is 0 Å². The number of amides is 2. The quantitative estimate of drug-likeness (QED) is 0.445. The molecule has 34 heavy (non-hydrogen) atoms. The molecule has 0 saturated carbocycles. The summed E-state index contributed by atoms with van der Waals surface area (Å²) in [5.74, 6) is 0.520. The maximum atomic E-state index is 12.7. The Morgan fingerprint density at radius 3 is 2.41 bits per heavy atom. The van der Waals surface area contributed by atoms with Crippen molar-refractivity contribution in [2.24, 2.45) is 0 Å². The number of hydrogen-bond donors (Lipinski definition) is 2. The Bertz CT molecular complexity index is 1120. The third-order valence-corrected chi connectivity index (χ3v) is 5.34. The molecule has 1 aromatic heterocycles. The van der Waals surface area contributed by atoms with E-state index < -0.39 is 11.7 Å². The van der Waals surface area contributed by atoms with Crippen molar-refractivity contribution < 1.29 is 19.1 Å². The van der Waals surface area contributed by atoms with Gasteiger partial charge in [0.1, 0.15) is 11.4 Å². The summed E-state index contributed by atoms with van der Waals surface area (Å²) in [6, 6.07) is 14.7. The third-order valence-electron chi connectivity index (χ3n) is 4.53. The number of ether oxygens (including phenoxy) is 2. The van der Waals surface area contributed by atoms with Crippen LogP contribution >= 0.6 is 11.3 Å². The van der Waals surface area contributed by atoms with Gasteiger partial charge in [0.25, 0.3) is 5.91 Å². The zero-order valence-corrected chi connectivity index (χ0v) is 20.9. The molecule has 0 atom stereocenters. The van der Waals surface area contributed by atoms with Gasteiger partial charge in [-0.3, -0.25) is 10.1 Å². The molecule has 0 aliphatic heterocycles. The van der Waals surface area contributed by atoms with Gasteiger partial charge >= 0.3 is 6.09 Å². The Balaban J connectivity index is 1.47. The number of carbonyl (C=O) groups excluding carboxylic acids is 2. The number of nitrogens with zero attached hydrogens (tertiary/aromatic N) is 2. The minimum Gasteiger partial charge on any atom is -0.493 e. The highest BCUT2D eigenvalue weighted by Gasteiger charge is 2.17. The number of anilines is 3. The lowest BCUT2D eigenvalue weighted by molar-refractivity contribution is 0.0635. The highest BCUT2D eigenvalue weighted by Crippen LogP contribution is 2.22. The largest absolute Gasteiger partial charge is 0.493 e. The molecule has 2 amide bonds. The van der Waals surface area contributed by atoms with Crippen LogP contribution in [0.2, 0.25) is 0 Å². The van der Waals surface area contributed by atoms with E-state index in [0.29, 0.717) is 35.2 Å². The first-order valence-corrected chi connectivity index (χ1v) is 11.7. The minimum atomic E-state index is -0.562. The molecule has 2 N–H and O–H groups in total. The fraction of sp³-hybridized carbons (Fsp3) is 0.320. The first-order valence-electron chi connectivity index (χ1n) is 10.9. The van der Waals surface area contributed by atoms with Crippen LogP contribution in [0.3, 0.4) is 0 Å². The Kier molecular flexibility index (Phi) is 8.12. The highest BCUT2D eigenvalue weighted by atomic mass is 32.1. The maximum Gasteiger partial charge on any atom is 0.413 e. The van der Waals surface area contributed by atoms with Crippen LogP contribution in [0, 0.1) is 0 Å². The predicted octanol–water partition coefficient (Wildman–Crippen LogP) is 5.43. The number of thiazole rings is 1. The highest BCUT2D eigenvalue weighted by molar-refractivity contribution is 7.13. The molecule has 2 aromatic carbocycles. The average Bonchev–Trinajstić information content (AvgIpc) is 3.20. The standard InChI is InChI=1S/C25H30N4O4S/c1-25(2,3)33-24(31)28-23-27-18(16-34-23)14-15-32-19-12-10-17(11-13-19)26-22(30)20-8-6-7-9-21(20)29(4)5/h6-13,16H,14-15H2,1-5H3,(H,26,30)(H,27,28,31). The van der Waals surface area contributed by atoms with E-state index in [2.05, 4.69) is 15.6 Å². The second kappa shape index (κ2) is 11.0. The lowest BCUT2D eigenvalue weighted by Gasteiger charge is -2.18. The summed E-state index contributed by atoms with van der Waals surface area (Å²) in [6.07, 6.45) is 0.0637. The Morgan fingerprint density at radius 2 is 1.74 bits per heavy atom. The zero-order chi connectivity index (χ0) is 24.7. The van der Waals surface area contributed by atoms with Gasteiger partial charge in [0.2, 0.25) is 0 Å². The summed E-state index contributed by atoms with van der Waals surface area (Å²) in [6.45, 7) is 5.85. The van der Waals surface area contributed by atoms with Crippen molar-refractivity contribution in [1.82, 2.24) is 4.98 Å². The van der Waals surface area contributed by atoms with Gasteiger partial charge in [-0.1, -0.05) is 12.1 Å². The molecule has 0 fully saturated rings. The van der Waals surface area contributed by atoms with Crippen molar-refractivity contribution in [3.8, 4) is 5.75 Å². The SMILES string of the molecule is CN(C)c1ccccc1C(=O)Nc1ccc(OCCc2csc(NC(=O)OC(C)(C)C)n2)cc1. The summed E-state index contributed by atoms with van der Waals surface area (Å²) >= 11 is 1.34. The van der Waals surface area contributed by atoms with Gasteiger partial charge in [-0.2, -0.15) is 0 Å². The van der Waals surface area contributed by atoms with E-state index in [1.165, 1.54) is 11.3 Å². The molecule has 0 unspecified atom stereocenters. The fourth-order valence-corrected chi connectivity index (χ4v) is 3.76. The summed E-state index contributed by atoms with van der Waals surface area (Å²) in [5, 5.41) is 7.92. The van der Waals surface area contributed by atoms with E-state index >= 15 is 0 Å². The minimum absolute atomic E-state index is 0.169. The number of aromatic nitrogens is 1. The fourth-order valence-electron chi connectivity index (χ4n) is 3.03. The van der Waals surface area contributed by atoms with Crippen LogP contribution in [0.4, 0.5) is 21.3 Å². The predicted molar refractivity (Wildman–Crippen MR) is 136 cm³/mol. The number of para-hydroxylation sites is 1. The lowest BCUT2D eigenvalue weighted by atomic mass is 10.1. The molecule has 0 saturated heterocycles. The molecule has 0 radical (unpaired) electrons. The Morgan fingerprint density at radius 1 is 1.03 bits per heavy atom. The van der Waals surface area contributed by atoms with Crippen LogP contribution in [0.1, 0.15) is 36.8 Å². The summed E-state index contributed by atoms with van der Waals surface area (Å²) < 4.78 is 11.0. The first kappa shape index (κ1) is 25.0. The number of carbonyl (C=O) groups is 2. The van der Waals surface area contributed by atoms with E-state index in [0.717, 1.165) is 11.4 Å². The molecule has 3 rings (SSSR count). The van der Waals surface area contributed by atoms with Crippen molar-refractivity contribution in [2.45, 2.75) is 32.8 Å². The summed E-state index contributed by atoms with van der Waals surface area (Å²) in [7, 11) is 3.81. The number of nitrogens with one attached hydrogen (secondary N) is 2. The molecule has 9 heteroatoms. The smallest absolute Gasteiger partial charge is 0.413 e. The third kappa shape index (κ3) is 7.48. The molecule has 180 valence electrons. The molecule has 0 aliphatic carbocycles. The van der Waals surface area contributed by atoms with E-state index in [1.807, 2.05) is 75.5 Å². The van der Waals surface area contributed by atoms with E-state index in [9.17, 15) is 9.59 Å². The number of benzene rings is 2. The van der Waals surface area contributed by atoms with Gasteiger partial charge in [-0.15, -0.1) is 11.3 Å². The van der Waals surface area contributed by atoms with Gasteiger partial charge in [0, 0.05) is 37.3 Å². The van der Waals surface area contributed by atoms with Crippen LogP contribution in [-0.2, 0) is 11.2 Å². The molecule has 0 bridgehead atoms. The van der Waals surface area contributed by atoms with E-state index in [-0.39, 0.29) is 5.91 Å². The van der Waals surface area contributed by atoms with Crippen molar-refractivity contribution >= 4 is 39.8 Å². The maximum absolute atomic E-state index is 12.7. The summed E-state index contributed by atoms with van der Waals surface area (Å²) in [5.41, 5.74) is 2.40. The van der Waals surface area contributed by atoms with Gasteiger partial charge in [-0.05, 0) is 57.2 Å². The molecule has 0 spiro atoms. The van der Waals surface area contributed by atoms with Gasteiger partial charge in [0.05, 0.1) is 17.9 Å². The average molecular weight is 483 g/mol. The molecular formula is C25H30N4O4S. The van der Waals surface area contributed by atoms with Gasteiger partial charge in [0.15, 0.2) is 5.13 Å². The topological polar surface area (TPSA) is 92.8 Å². The van der Waals surface area contributed by atoms with Crippen LogP contribution in [0.15, 0.2) is 53.9 Å². The Labute approximate surface area is 203 Å². The molecular weight excluding hydrogens is 452 g/mol. The number of rotatable bonds is 8. The second-order valence-corrected chi connectivity index (χ2v) is 9.62. The van der Waals surface area contributed by atoms with Crippen LogP contribution in [0.5, 0.6) is 5.75 Å². The van der Waals surface area contributed by atoms with E-state index in [4.69, 9.17) is 9.47 Å². The first-order chi connectivity index (χ1) is 16.1. The van der Waals surface area contributed by atoms with Gasteiger partial charge in [-0.25, -0.2) is 9.78 Å². The monoisotopic (exact) mass is 482 g/mol. The van der Waals surface area contributed by atoms with Gasteiger partial charge < -0.3 is 19.7 Å². The summed E-state index contributed by atoms with van der Waals surface area (Å²) in [4.78, 5) is 30.8. The molecule has 8 nitrogen and oxygen atoms in total.